The van der Waals surface area contributed by atoms with E-state index in [0.29, 0.717) is 42.3 Å². The van der Waals surface area contributed by atoms with Crippen molar-refractivity contribution in [1.82, 2.24) is 9.80 Å². The number of aryl methyl sites for hydroxylation is 1. The number of anilines is 1. The molecule has 1 aliphatic rings. The molecule has 198 valence electrons. The SMILES string of the molecule is COc1ccc(CCN(Cc2ccc(C)s2)C(=O)CN(C(=O)Nc2cccc(C#N)c2)C2CC2)cc1OC. The fourth-order valence-electron chi connectivity index (χ4n) is 4.21. The summed E-state index contributed by atoms with van der Waals surface area (Å²) in [7, 11) is 3.20. The summed E-state index contributed by atoms with van der Waals surface area (Å²) in [4.78, 5) is 32.5. The number of hydrogen-bond acceptors (Lipinski definition) is 6. The van der Waals surface area contributed by atoms with Crippen LogP contribution in [0.15, 0.2) is 54.6 Å². The Morgan fingerprint density at radius 1 is 1.08 bits per heavy atom. The number of amides is 3. The number of hydrogen-bond donors (Lipinski definition) is 1. The van der Waals surface area contributed by atoms with Gasteiger partial charge >= 0.3 is 6.03 Å². The minimum atomic E-state index is -0.331. The van der Waals surface area contributed by atoms with Crippen molar-refractivity contribution in [3.05, 3.63) is 75.5 Å². The topological polar surface area (TPSA) is 94.9 Å². The lowest BCUT2D eigenvalue weighted by molar-refractivity contribution is -0.132. The number of nitrogens with zero attached hydrogens (tertiary/aromatic N) is 3. The van der Waals surface area contributed by atoms with E-state index in [0.717, 1.165) is 23.3 Å². The van der Waals surface area contributed by atoms with E-state index < -0.39 is 0 Å². The van der Waals surface area contributed by atoms with Crippen molar-refractivity contribution >= 4 is 29.0 Å². The van der Waals surface area contributed by atoms with Crippen molar-refractivity contribution in [3.63, 3.8) is 0 Å². The highest BCUT2D eigenvalue weighted by Gasteiger charge is 2.35. The molecule has 8 nitrogen and oxygen atoms in total. The van der Waals surface area contributed by atoms with Crippen molar-refractivity contribution < 1.29 is 19.1 Å². The normalized spacial score (nSPS) is 12.4. The lowest BCUT2D eigenvalue weighted by Crippen LogP contribution is -2.45. The third kappa shape index (κ3) is 7.05. The second kappa shape index (κ2) is 12.5. The zero-order valence-electron chi connectivity index (χ0n) is 21.9. The molecule has 1 aliphatic carbocycles. The van der Waals surface area contributed by atoms with Gasteiger partial charge in [-0.25, -0.2) is 4.79 Å². The first-order chi connectivity index (χ1) is 18.4. The van der Waals surface area contributed by atoms with Gasteiger partial charge in [0.2, 0.25) is 5.91 Å². The molecule has 3 amide bonds. The van der Waals surface area contributed by atoms with Crippen LogP contribution in [0.1, 0.15) is 33.7 Å². The number of carbonyl (C=O) groups is 2. The number of nitrogens with one attached hydrogen (secondary N) is 1. The predicted molar refractivity (Wildman–Crippen MR) is 148 cm³/mol. The summed E-state index contributed by atoms with van der Waals surface area (Å²) in [6, 6.07) is 18.4. The Labute approximate surface area is 227 Å². The summed E-state index contributed by atoms with van der Waals surface area (Å²) in [5, 5.41) is 12.0. The van der Waals surface area contributed by atoms with Crippen LogP contribution in [0.3, 0.4) is 0 Å². The van der Waals surface area contributed by atoms with Gasteiger partial charge in [-0.05, 0) is 74.2 Å². The first kappa shape index (κ1) is 27.0. The van der Waals surface area contributed by atoms with Crippen molar-refractivity contribution in [2.24, 2.45) is 0 Å². The number of ether oxygens (including phenoxy) is 2. The maximum Gasteiger partial charge on any atom is 0.322 e. The van der Waals surface area contributed by atoms with Gasteiger partial charge in [0.15, 0.2) is 11.5 Å². The second-order valence-corrected chi connectivity index (χ2v) is 10.6. The Bertz CT molecular complexity index is 1330. The Morgan fingerprint density at radius 3 is 2.53 bits per heavy atom. The zero-order chi connectivity index (χ0) is 27.1. The molecule has 0 radical (unpaired) electrons. The van der Waals surface area contributed by atoms with Gasteiger partial charge in [0.05, 0.1) is 32.4 Å². The van der Waals surface area contributed by atoms with E-state index in [4.69, 9.17) is 14.7 Å². The van der Waals surface area contributed by atoms with Crippen LogP contribution < -0.4 is 14.8 Å². The molecule has 0 spiro atoms. The van der Waals surface area contributed by atoms with E-state index in [1.807, 2.05) is 36.1 Å². The monoisotopic (exact) mass is 532 g/mol. The molecule has 1 aromatic heterocycles. The molecular weight excluding hydrogens is 500 g/mol. The number of nitriles is 1. The Hall–Kier alpha value is -4.03. The van der Waals surface area contributed by atoms with E-state index in [1.165, 1.54) is 4.88 Å². The van der Waals surface area contributed by atoms with Gasteiger partial charge in [0.1, 0.15) is 6.54 Å². The number of thiophene rings is 1. The Balaban J connectivity index is 1.48. The van der Waals surface area contributed by atoms with Crippen LogP contribution in [-0.4, -0.2) is 55.1 Å². The molecule has 1 saturated carbocycles. The standard InChI is InChI=1S/C29H32N4O4S/c1-20-7-11-25(38-20)18-32(14-13-21-8-12-26(36-2)27(16-21)37-3)28(34)19-33(24-9-10-24)29(35)31-23-6-4-5-22(15-23)17-30/h4-8,11-12,15-16,24H,9-10,13-14,18-19H2,1-3H3,(H,31,35). The highest BCUT2D eigenvalue weighted by molar-refractivity contribution is 7.11. The average Bonchev–Trinajstić information content (AvgIpc) is 3.69. The summed E-state index contributed by atoms with van der Waals surface area (Å²) in [6.45, 7) is 3.01. The molecule has 1 N–H and O–H groups in total. The largest absolute Gasteiger partial charge is 0.493 e. The predicted octanol–water partition coefficient (Wildman–Crippen LogP) is 5.21. The lowest BCUT2D eigenvalue weighted by Gasteiger charge is -2.28. The van der Waals surface area contributed by atoms with E-state index >= 15 is 0 Å². The third-order valence-corrected chi connectivity index (χ3v) is 7.40. The summed E-state index contributed by atoms with van der Waals surface area (Å²) in [5.74, 6) is 1.20. The van der Waals surface area contributed by atoms with E-state index in [1.54, 1.807) is 54.7 Å². The maximum atomic E-state index is 13.6. The van der Waals surface area contributed by atoms with Crippen LogP contribution in [0, 0.1) is 18.3 Å². The fraction of sp³-hybridized carbons (Fsp3) is 0.345. The van der Waals surface area contributed by atoms with E-state index in [9.17, 15) is 9.59 Å². The smallest absolute Gasteiger partial charge is 0.322 e. The molecule has 0 unspecified atom stereocenters. The number of methoxy groups -OCH3 is 2. The Morgan fingerprint density at radius 2 is 1.87 bits per heavy atom. The van der Waals surface area contributed by atoms with Gasteiger partial charge in [-0.15, -0.1) is 11.3 Å². The van der Waals surface area contributed by atoms with Gasteiger partial charge in [0, 0.05) is 28.0 Å². The highest BCUT2D eigenvalue weighted by atomic mass is 32.1. The molecule has 0 atom stereocenters. The molecule has 38 heavy (non-hydrogen) atoms. The van der Waals surface area contributed by atoms with Crippen molar-refractivity contribution in [2.75, 3.05) is 32.6 Å². The molecule has 0 aliphatic heterocycles. The summed E-state index contributed by atoms with van der Waals surface area (Å²) < 4.78 is 10.8. The van der Waals surface area contributed by atoms with Gasteiger partial charge < -0.3 is 24.6 Å². The van der Waals surface area contributed by atoms with Gasteiger partial charge in [-0.2, -0.15) is 5.26 Å². The van der Waals surface area contributed by atoms with Crippen molar-refractivity contribution in [2.45, 2.75) is 38.8 Å². The molecule has 9 heteroatoms. The first-order valence-electron chi connectivity index (χ1n) is 12.5. The van der Waals surface area contributed by atoms with Gasteiger partial charge in [0.25, 0.3) is 0 Å². The molecule has 1 fully saturated rings. The first-order valence-corrected chi connectivity index (χ1v) is 13.3. The lowest BCUT2D eigenvalue weighted by atomic mass is 10.1. The fourth-order valence-corrected chi connectivity index (χ4v) is 5.12. The second-order valence-electron chi connectivity index (χ2n) is 9.25. The minimum Gasteiger partial charge on any atom is -0.493 e. The zero-order valence-corrected chi connectivity index (χ0v) is 22.7. The van der Waals surface area contributed by atoms with Crippen LogP contribution in [0.25, 0.3) is 0 Å². The third-order valence-electron chi connectivity index (χ3n) is 6.41. The molecule has 1 heterocycles. The summed E-state index contributed by atoms with van der Waals surface area (Å²) >= 11 is 1.67. The number of urea groups is 1. The summed E-state index contributed by atoms with van der Waals surface area (Å²) in [6.07, 6.45) is 2.37. The quantitative estimate of drug-likeness (QED) is 0.366. The number of carbonyl (C=O) groups excluding carboxylic acids is 2. The minimum absolute atomic E-state index is 0.00919. The summed E-state index contributed by atoms with van der Waals surface area (Å²) in [5.41, 5.74) is 2.02. The van der Waals surface area contributed by atoms with E-state index in [2.05, 4.69) is 17.5 Å². The van der Waals surface area contributed by atoms with Crippen LogP contribution in [0.2, 0.25) is 0 Å². The molecular formula is C29H32N4O4S. The number of benzene rings is 2. The highest BCUT2D eigenvalue weighted by Crippen LogP contribution is 2.29. The number of rotatable bonds is 11. The maximum absolute atomic E-state index is 13.6. The van der Waals surface area contributed by atoms with Gasteiger partial charge in [-0.3, -0.25) is 4.79 Å². The average molecular weight is 533 g/mol. The van der Waals surface area contributed by atoms with Crippen LogP contribution >= 0.6 is 11.3 Å². The molecule has 0 bridgehead atoms. The molecule has 0 saturated heterocycles. The molecule has 4 rings (SSSR count). The van der Waals surface area contributed by atoms with E-state index in [-0.39, 0.29) is 24.5 Å². The van der Waals surface area contributed by atoms with Crippen LogP contribution in [-0.2, 0) is 17.8 Å². The molecule has 2 aromatic carbocycles. The van der Waals surface area contributed by atoms with Crippen molar-refractivity contribution in [1.29, 1.82) is 5.26 Å². The molecule has 3 aromatic rings. The van der Waals surface area contributed by atoms with Crippen LogP contribution in [0.5, 0.6) is 11.5 Å². The Kier molecular flexibility index (Phi) is 8.87. The van der Waals surface area contributed by atoms with Gasteiger partial charge in [-0.1, -0.05) is 12.1 Å². The van der Waals surface area contributed by atoms with Crippen molar-refractivity contribution in [3.8, 4) is 17.6 Å². The van der Waals surface area contributed by atoms with Crippen LogP contribution in [0.4, 0.5) is 10.5 Å².